The summed E-state index contributed by atoms with van der Waals surface area (Å²) < 4.78 is 41.7. The van der Waals surface area contributed by atoms with E-state index in [1.54, 1.807) is 42.5 Å². The van der Waals surface area contributed by atoms with E-state index in [0.29, 0.717) is 23.7 Å². The number of piperidine rings is 1. The van der Waals surface area contributed by atoms with Gasteiger partial charge in [0, 0.05) is 29.7 Å². The van der Waals surface area contributed by atoms with Crippen LogP contribution in [-0.4, -0.2) is 32.4 Å². The van der Waals surface area contributed by atoms with Crippen molar-refractivity contribution in [2.75, 3.05) is 13.1 Å². The Morgan fingerprint density at radius 1 is 1.16 bits per heavy atom. The number of nitrogens with one attached hydrogen (secondary N) is 1. The van der Waals surface area contributed by atoms with E-state index in [1.165, 1.54) is 6.07 Å². The molecule has 3 rings (SSSR count). The molecule has 0 radical (unpaired) electrons. The van der Waals surface area contributed by atoms with Crippen molar-refractivity contribution in [3.63, 3.8) is 0 Å². The first kappa shape index (κ1) is 18.3. The van der Waals surface area contributed by atoms with Gasteiger partial charge in [-0.15, -0.1) is 0 Å². The molecule has 2 aromatic carbocycles. The SMILES string of the molecule is O=S(=O)(NC1CCCN(Cc2c(F)cccc2Cl)C1)c1ccccc1. The zero-order valence-corrected chi connectivity index (χ0v) is 15.2. The molecule has 4 nitrogen and oxygen atoms in total. The molecule has 0 spiro atoms. The molecule has 2 aromatic rings. The molecule has 0 aromatic heterocycles. The van der Waals surface area contributed by atoms with Gasteiger partial charge < -0.3 is 0 Å². The second kappa shape index (κ2) is 7.83. The molecule has 0 amide bonds. The molecule has 1 unspecified atom stereocenters. The average Bonchev–Trinajstić information content (AvgIpc) is 2.59. The van der Waals surface area contributed by atoms with Crippen LogP contribution in [-0.2, 0) is 16.6 Å². The highest BCUT2D eigenvalue weighted by Gasteiger charge is 2.26. The van der Waals surface area contributed by atoms with E-state index in [2.05, 4.69) is 4.72 Å². The summed E-state index contributed by atoms with van der Waals surface area (Å²) in [4.78, 5) is 2.29. The molecule has 0 saturated carbocycles. The Bertz CT molecular complexity index is 810. The monoisotopic (exact) mass is 382 g/mol. The normalized spacial score (nSPS) is 19.0. The van der Waals surface area contributed by atoms with Crippen LogP contribution in [0.25, 0.3) is 0 Å². The van der Waals surface area contributed by atoms with Crippen LogP contribution in [0.4, 0.5) is 4.39 Å². The highest BCUT2D eigenvalue weighted by atomic mass is 35.5. The molecular weight excluding hydrogens is 363 g/mol. The molecule has 1 atom stereocenters. The van der Waals surface area contributed by atoms with Crippen molar-refractivity contribution < 1.29 is 12.8 Å². The van der Waals surface area contributed by atoms with E-state index >= 15 is 0 Å². The van der Waals surface area contributed by atoms with Crippen molar-refractivity contribution >= 4 is 21.6 Å². The van der Waals surface area contributed by atoms with Gasteiger partial charge in [-0.1, -0.05) is 35.9 Å². The summed E-state index contributed by atoms with van der Waals surface area (Å²) in [6.45, 7) is 1.68. The molecule has 1 heterocycles. The quantitative estimate of drug-likeness (QED) is 0.862. The van der Waals surface area contributed by atoms with Gasteiger partial charge in [0.05, 0.1) is 4.90 Å². The molecule has 7 heteroatoms. The first-order valence-corrected chi connectivity index (χ1v) is 10.0. The first-order chi connectivity index (χ1) is 12.0. The van der Waals surface area contributed by atoms with Gasteiger partial charge in [0.15, 0.2) is 0 Å². The number of benzene rings is 2. The largest absolute Gasteiger partial charge is 0.297 e. The van der Waals surface area contributed by atoms with Gasteiger partial charge in [-0.05, 0) is 43.7 Å². The lowest BCUT2D eigenvalue weighted by atomic mass is 10.1. The Morgan fingerprint density at radius 2 is 1.92 bits per heavy atom. The maximum absolute atomic E-state index is 14.0. The molecular formula is C18H20ClFN2O2S. The average molecular weight is 383 g/mol. The van der Waals surface area contributed by atoms with E-state index in [0.717, 1.165) is 19.4 Å². The third-order valence-corrected chi connectivity index (χ3v) is 6.21. The summed E-state index contributed by atoms with van der Waals surface area (Å²) in [6.07, 6.45) is 1.60. The molecule has 134 valence electrons. The van der Waals surface area contributed by atoms with Gasteiger partial charge in [0.2, 0.25) is 10.0 Å². The fraction of sp³-hybridized carbons (Fsp3) is 0.333. The standard InChI is InChI=1S/C18H20ClFN2O2S/c19-17-9-4-10-18(20)16(17)13-22-11-5-6-14(12-22)21-25(23,24)15-7-2-1-3-8-15/h1-4,7-10,14,21H,5-6,11-13H2. The highest BCUT2D eigenvalue weighted by Crippen LogP contribution is 2.23. The van der Waals surface area contributed by atoms with Gasteiger partial charge >= 0.3 is 0 Å². The van der Waals surface area contributed by atoms with Crippen LogP contribution in [0.2, 0.25) is 5.02 Å². The van der Waals surface area contributed by atoms with E-state index in [4.69, 9.17) is 11.6 Å². The molecule has 0 aliphatic carbocycles. The maximum atomic E-state index is 14.0. The summed E-state index contributed by atoms with van der Waals surface area (Å²) in [6, 6.07) is 12.7. The molecule has 1 fully saturated rings. The van der Waals surface area contributed by atoms with Crippen LogP contribution in [0.1, 0.15) is 18.4 Å². The van der Waals surface area contributed by atoms with Gasteiger partial charge in [0.25, 0.3) is 0 Å². The van der Waals surface area contributed by atoms with Crippen LogP contribution in [0, 0.1) is 5.82 Å². The van der Waals surface area contributed by atoms with Crippen LogP contribution in [0.5, 0.6) is 0 Å². The molecule has 1 saturated heterocycles. The van der Waals surface area contributed by atoms with Crippen molar-refractivity contribution in [2.45, 2.75) is 30.3 Å². The summed E-state index contributed by atoms with van der Waals surface area (Å²) in [5.74, 6) is -0.334. The lowest BCUT2D eigenvalue weighted by molar-refractivity contribution is 0.192. The van der Waals surface area contributed by atoms with Crippen molar-refractivity contribution in [3.8, 4) is 0 Å². The number of sulfonamides is 1. The smallest absolute Gasteiger partial charge is 0.240 e. The second-order valence-corrected chi connectivity index (χ2v) is 8.33. The van der Waals surface area contributed by atoms with Crippen LogP contribution < -0.4 is 4.72 Å². The van der Waals surface area contributed by atoms with Crippen LogP contribution in [0.15, 0.2) is 53.4 Å². The Hall–Kier alpha value is -1.47. The third kappa shape index (κ3) is 4.58. The zero-order chi connectivity index (χ0) is 17.9. The minimum atomic E-state index is -3.55. The predicted octanol–water partition coefficient (Wildman–Crippen LogP) is 3.42. The third-order valence-electron chi connectivity index (χ3n) is 4.32. The van der Waals surface area contributed by atoms with Gasteiger partial charge in [-0.2, -0.15) is 0 Å². The van der Waals surface area contributed by atoms with Gasteiger partial charge in [-0.3, -0.25) is 4.90 Å². The van der Waals surface area contributed by atoms with E-state index in [-0.39, 0.29) is 16.8 Å². The topological polar surface area (TPSA) is 49.4 Å². The predicted molar refractivity (Wildman–Crippen MR) is 96.5 cm³/mol. The van der Waals surface area contributed by atoms with Crippen LogP contribution in [0.3, 0.4) is 0 Å². The number of hydrogen-bond donors (Lipinski definition) is 1. The van der Waals surface area contributed by atoms with Crippen molar-refractivity contribution in [2.24, 2.45) is 0 Å². The maximum Gasteiger partial charge on any atom is 0.240 e. The first-order valence-electron chi connectivity index (χ1n) is 8.18. The lowest BCUT2D eigenvalue weighted by Crippen LogP contribution is -2.47. The lowest BCUT2D eigenvalue weighted by Gasteiger charge is -2.33. The highest BCUT2D eigenvalue weighted by molar-refractivity contribution is 7.89. The fourth-order valence-electron chi connectivity index (χ4n) is 3.09. The fourth-order valence-corrected chi connectivity index (χ4v) is 4.59. The van der Waals surface area contributed by atoms with Crippen LogP contribution >= 0.6 is 11.6 Å². The summed E-state index contributed by atoms with van der Waals surface area (Å²) in [5, 5.41) is 0.395. The molecule has 1 N–H and O–H groups in total. The Balaban J connectivity index is 1.67. The number of likely N-dealkylation sites (tertiary alicyclic amines) is 1. The van der Waals surface area contributed by atoms with Gasteiger partial charge in [0.1, 0.15) is 5.82 Å². The van der Waals surface area contributed by atoms with Gasteiger partial charge in [-0.25, -0.2) is 17.5 Å². The van der Waals surface area contributed by atoms with E-state index in [1.807, 2.05) is 4.90 Å². The number of rotatable bonds is 5. The zero-order valence-electron chi connectivity index (χ0n) is 13.7. The Kier molecular flexibility index (Phi) is 5.74. The molecule has 1 aliphatic heterocycles. The molecule has 25 heavy (non-hydrogen) atoms. The van der Waals surface area contributed by atoms with Crippen molar-refractivity contribution in [1.29, 1.82) is 0 Å². The Morgan fingerprint density at radius 3 is 2.64 bits per heavy atom. The Labute approximate surface area is 152 Å². The second-order valence-electron chi connectivity index (χ2n) is 6.21. The summed E-state index contributed by atoms with van der Waals surface area (Å²) in [5.41, 5.74) is 0.454. The number of halogens is 2. The minimum absolute atomic E-state index is 0.204. The minimum Gasteiger partial charge on any atom is -0.297 e. The number of nitrogens with zero attached hydrogens (tertiary/aromatic N) is 1. The van der Waals surface area contributed by atoms with Crippen molar-refractivity contribution in [1.82, 2.24) is 9.62 Å². The molecule has 0 bridgehead atoms. The van der Waals surface area contributed by atoms with Crippen molar-refractivity contribution in [3.05, 3.63) is 64.9 Å². The van der Waals surface area contributed by atoms with E-state index < -0.39 is 10.0 Å². The number of hydrogen-bond acceptors (Lipinski definition) is 3. The summed E-state index contributed by atoms with van der Waals surface area (Å²) in [7, 11) is -3.55. The molecule has 1 aliphatic rings. The van der Waals surface area contributed by atoms with E-state index in [9.17, 15) is 12.8 Å². The summed E-state index contributed by atoms with van der Waals surface area (Å²) >= 11 is 6.09.